The summed E-state index contributed by atoms with van der Waals surface area (Å²) in [7, 11) is 0. The quantitative estimate of drug-likeness (QED) is 0.492. The molecule has 64 valence electrons. The molecule has 0 aliphatic rings. The molecule has 1 rings (SSSR count). The number of hydrogen-bond acceptors (Lipinski definition) is 2. The smallest absolute Gasteiger partial charge is 0.126 e. The van der Waals surface area contributed by atoms with Crippen LogP contribution in [0, 0.1) is 0 Å². The highest BCUT2D eigenvalue weighted by molar-refractivity contribution is 5.41. The summed E-state index contributed by atoms with van der Waals surface area (Å²) in [5, 5.41) is 0. The van der Waals surface area contributed by atoms with Crippen molar-refractivity contribution >= 4 is 6.08 Å². The molecular weight excluding hydrogens is 152 g/mol. The molecule has 2 heteroatoms. The SMILES string of the molecule is C=CCOC/C=C/c1ccco1. The summed E-state index contributed by atoms with van der Waals surface area (Å²) in [6, 6.07) is 3.74. The lowest BCUT2D eigenvalue weighted by molar-refractivity contribution is 0.194. The highest BCUT2D eigenvalue weighted by atomic mass is 16.5. The van der Waals surface area contributed by atoms with Gasteiger partial charge in [0.25, 0.3) is 0 Å². The highest BCUT2D eigenvalue weighted by Crippen LogP contribution is 2.01. The average Bonchev–Trinajstić information content (AvgIpc) is 2.57. The van der Waals surface area contributed by atoms with Crippen LogP contribution in [-0.4, -0.2) is 13.2 Å². The third-order valence-electron chi connectivity index (χ3n) is 1.28. The molecule has 2 nitrogen and oxygen atoms in total. The van der Waals surface area contributed by atoms with Gasteiger partial charge in [-0.15, -0.1) is 6.58 Å². The second kappa shape index (κ2) is 5.38. The minimum atomic E-state index is 0.586. The van der Waals surface area contributed by atoms with Gasteiger partial charge in [-0.1, -0.05) is 12.2 Å². The van der Waals surface area contributed by atoms with Gasteiger partial charge in [0.2, 0.25) is 0 Å². The molecule has 0 radical (unpaired) electrons. The summed E-state index contributed by atoms with van der Waals surface area (Å²) in [6.07, 6.45) is 7.15. The average molecular weight is 164 g/mol. The lowest BCUT2D eigenvalue weighted by Crippen LogP contribution is -1.88. The van der Waals surface area contributed by atoms with Crippen molar-refractivity contribution in [2.45, 2.75) is 0 Å². The van der Waals surface area contributed by atoms with E-state index >= 15 is 0 Å². The fraction of sp³-hybridized carbons (Fsp3) is 0.200. The van der Waals surface area contributed by atoms with E-state index in [1.54, 1.807) is 12.3 Å². The van der Waals surface area contributed by atoms with Crippen LogP contribution in [0.2, 0.25) is 0 Å². The molecule has 1 heterocycles. The van der Waals surface area contributed by atoms with Crippen LogP contribution >= 0.6 is 0 Å². The van der Waals surface area contributed by atoms with Gasteiger partial charge < -0.3 is 9.15 Å². The second-order valence-electron chi connectivity index (χ2n) is 2.24. The third-order valence-corrected chi connectivity index (χ3v) is 1.28. The van der Waals surface area contributed by atoms with E-state index in [0.29, 0.717) is 13.2 Å². The third kappa shape index (κ3) is 3.21. The number of hydrogen-bond donors (Lipinski definition) is 0. The zero-order valence-electron chi connectivity index (χ0n) is 6.90. The first-order chi connectivity index (χ1) is 5.93. The Hall–Kier alpha value is -1.28. The summed E-state index contributed by atoms with van der Waals surface area (Å²) in [5.41, 5.74) is 0. The number of ether oxygens (including phenoxy) is 1. The number of furan rings is 1. The van der Waals surface area contributed by atoms with E-state index < -0.39 is 0 Å². The molecule has 0 saturated carbocycles. The van der Waals surface area contributed by atoms with Crippen LogP contribution in [0.15, 0.2) is 41.5 Å². The summed E-state index contributed by atoms with van der Waals surface area (Å²) in [6.45, 7) is 4.72. The standard InChI is InChI=1S/C10H12O2/c1-2-7-11-8-3-5-10-6-4-9-12-10/h2-6,9H,1,7-8H2/b5-3+. The first kappa shape index (κ1) is 8.81. The number of rotatable bonds is 5. The molecule has 0 unspecified atom stereocenters. The topological polar surface area (TPSA) is 22.4 Å². The summed E-state index contributed by atoms with van der Waals surface area (Å²) in [4.78, 5) is 0. The van der Waals surface area contributed by atoms with Crippen LogP contribution in [0.1, 0.15) is 5.76 Å². The van der Waals surface area contributed by atoms with Crippen molar-refractivity contribution in [2.24, 2.45) is 0 Å². The monoisotopic (exact) mass is 164 g/mol. The Labute approximate surface area is 72.1 Å². The summed E-state index contributed by atoms with van der Waals surface area (Å²) in [5.74, 6) is 0.845. The molecule has 0 saturated heterocycles. The molecule has 0 aliphatic heterocycles. The minimum absolute atomic E-state index is 0.586. The molecule has 0 aliphatic carbocycles. The van der Waals surface area contributed by atoms with Gasteiger partial charge in [0.1, 0.15) is 5.76 Å². The van der Waals surface area contributed by atoms with Crippen LogP contribution in [-0.2, 0) is 4.74 Å². The van der Waals surface area contributed by atoms with Gasteiger partial charge in [-0.05, 0) is 18.2 Å². The zero-order valence-corrected chi connectivity index (χ0v) is 6.90. The van der Waals surface area contributed by atoms with Gasteiger partial charge in [-0.25, -0.2) is 0 Å². The fourth-order valence-electron chi connectivity index (χ4n) is 0.770. The molecule has 0 atom stereocenters. The van der Waals surface area contributed by atoms with E-state index in [4.69, 9.17) is 9.15 Å². The predicted octanol–water partition coefficient (Wildman–Crippen LogP) is 2.50. The van der Waals surface area contributed by atoms with Crippen LogP contribution in [0.5, 0.6) is 0 Å². The minimum Gasteiger partial charge on any atom is -0.465 e. The van der Waals surface area contributed by atoms with E-state index in [0.717, 1.165) is 5.76 Å². The van der Waals surface area contributed by atoms with Crippen LogP contribution < -0.4 is 0 Å². The van der Waals surface area contributed by atoms with Crippen molar-refractivity contribution in [2.75, 3.05) is 13.2 Å². The van der Waals surface area contributed by atoms with Crippen molar-refractivity contribution in [3.63, 3.8) is 0 Å². The fourth-order valence-corrected chi connectivity index (χ4v) is 0.770. The van der Waals surface area contributed by atoms with Crippen molar-refractivity contribution < 1.29 is 9.15 Å². The van der Waals surface area contributed by atoms with Gasteiger partial charge in [-0.3, -0.25) is 0 Å². The molecule has 0 fully saturated rings. The maximum absolute atomic E-state index is 5.13. The van der Waals surface area contributed by atoms with E-state index in [1.807, 2.05) is 24.3 Å². The Morgan fingerprint density at radius 1 is 1.50 bits per heavy atom. The van der Waals surface area contributed by atoms with Gasteiger partial charge in [0.15, 0.2) is 0 Å². The summed E-state index contributed by atoms with van der Waals surface area (Å²) < 4.78 is 10.2. The van der Waals surface area contributed by atoms with Gasteiger partial charge in [-0.2, -0.15) is 0 Å². The predicted molar refractivity (Wildman–Crippen MR) is 48.8 cm³/mol. The second-order valence-corrected chi connectivity index (χ2v) is 2.24. The van der Waals surface area contributed by atoms with Crippen molar-refractivity contribution in [3.8, 4) is 0 Å². The van der Waals surface area contributed by atoms with Crippen molar-refractivity contribution in [1.29, 1.82) is 0 Å². The van der Waals surface area contributed by atoms with Crippen LogP contribution in [0.3, 0.4) is 0 Å². The molecule has 0 spiro atoms. The molecule has 0 amide bonds. The van der Waals surface area contributed by atoms with E-state index in [1.165, 1.54) is 0 Å². The maximum Gasteiger partial charge on any atom is 0.126 e. The van der Waals surface area contributed by atoms with Gasteiger partial charge in [0, 0.05) is 0 Å². The zero-order chi connectivity index (χ0) is 8.65. The molecule has 12 heavy (non-hydrogen) atoms. The van der Waals surface area contributed by atoms with Gasteiger partial charge in [0.05, 0.1) is 19.5 Å². The van der Waals surface area contributed by atoms with Crippen molar-refractivity contribution in [1.82, 2.24) is 0 Å². The van der Waals surface area contributed by atoms with Crippen molar-refractivity contribution in [3.05, 3.63) is 42.9 Å². The first-order valence-corrected chi connectivity index (χ1v) is 3.82. The molecular formula is C10H12O2. The Morgan fingerprint density at radius 2 is 2.42 bits per heavy atom. The van der Waals surface area contributed by atoms with E-state index in [9.17, 15) is 0 Å². The van der Waals surface area contributed by atoms with Crippen LogP contribution in [0.4, 0.5) is 0 Å². The molecule has 0 aromatic carbocycles. The Morgan fingerprint density at radius 3 is 3.08 bits per heavy atom. The van der Waals surface area contributed by atoms with Crippen LogP contribution in [0.25, 0.3) is 6.08 Å². The van der Waals surface area contributed by atoms with E-state index in [-0.39, 0.29) is 0 Å². The lowest BCUT2D eigenvalue weighted by Gasteiger charge is -1.92. The molecule has 1 aromatic rings. The summed E-state index contributed by atoms with van der Waals surface area (Å²) >= 11 is 0. The largest absolute Gasteiger partial charge is 0.465 e. The normalized spacial score (nSPS) is 10.7. The molecule has 0 bridgehead atoms. The Balaban J connectivity index is 2.18. The molecule has 0 N–H and O–H groups in total. The maximum atomic E-state index is 5.13. The Bertz CT molecular complexity index is 234. The first-order valence-electron chi connectivity index (χ1n) is 3.82. The van der Waals surface area contributed by atoms with E-state index in [2.05, 4.69) is 6.58 Å². The highest BCUT2D eigenvalue weighted by Gasteiger charge is 1.85. The van der Waals surface area contributed by atoms with Gasteiger partial charge >= 0.3 is 0 Å². The lowest BCUT2D eigenvalue weighted by atomic mass is 10.4. The Kier molecular flexibility index (Phi) is 3.95. The molecule has 1 aromatic heterocycles.